The highest BCUT2D eigenvalue weighted by atomic mass is 35.5. The van der Waals surface area contributed by atoms with Crippen molar-refractivity contribution < 1.29 is 9.53 Å². The Hall–Kier alpha value is -1.10. The molecule has 3 aliphatic rings. The number of carbonyl (C=O) groups is 1. The van der Waals surface area contributed by atoms with Crippen molar-refractivity contribution in [3.8, 4) is 0 Å². The lowest BCUT2D eigenvalue weighted by Crippen LogP contribution is -2.50. The van der Waals surface area contributed by atoms with Gasteiger partial charge in [0.2, 0.25) is 5.91 Å². The van der Waals surface area contributed by atoms with Crippen molar-refractivity contribution in [1.82, 2.24) is 10.6 Å². The summed E-state index contributed by atoms with van der Waals surface area (Å²) in [6, 6.07) is 7.90. The van der Waals surface area contributed by atoms with Crippen molar-refractivity contribution in [2.75, 3.05) is 26.3 Å². The van der Waals surface area contributed by atoms with E-state index in [1.165, 1.54) is 0 Å². The van der Waals surface area contributed by atoms with Crippen LogP contribution in [0.2, 0.25) is 5.02 Å². The fraction of sp³-hybridized carbons (Fsp3) is 0.632. The van der Waals surface area contributed by atoms with Crippen LogP contribution in [0.5, 0.6) is 0 Å². The zero-order valence-corrected chi connectivity index (χ0v) is 14.7. The highest BCUT2D eigenvalue weighted by Gasteiger charge is 2.58. The molecule has 4 nitrogen and oxygen atoms in total. The van der Waals surface area contributed by atoms with E-state index in [0.29, 0.717) is 13.2 Å². The summed E-state index contributed by atoms with van der Waals surface area (Å²) in [6.45, 7) is 3.45. The van der Waals surface area contributed by atoms with Crippen molar-refractivity contribution in [3.05, 3.63) is 34.9 Å². The summed E-state index contributed by atoms with van der Waals surface area (Å²) in [5.41, 5.74) is 1.10. The van der Waals surface area contributed by atoms with Gasteiger partial charge in [-0.05, 0) is 68.3 Å². The van der Waals surface area contributed by atoms with Gasteiger partial charge in [0.15, 0.2) is 0 Å². The van der Waals surface area contributed by atoms with Crippen LogP contribution < -0.4 is 10.6 Å². The summed E-state index contributed by atoms with van der Waals surface area (Å²) in [7, 11) is 0. The van der Waals surface area contributed by atoms with Crippen LogP contribution in [0.1, 0.15) is 37.7 Å². The largest absolute Gasteiger partial charge is 0.381 e. The normalized spacial score (nSPS) is 27.6. The third-order valence-corrected chi connectivity index (χ3v) is 6.46. The SMILES string of the molecule is O=C(NC1(c2ccc(Cl)cc2)CCOCC1)C1CC12CCNCC2. The summed E-state index contributed by atoms with van der Waals surface area (Å²) in [5, 5.41) is 7.54. The van der Waals surface area contributed by atoms with Crippen LogP contribution in [0.4, 0.5) is 0 Å². The molecule has 0 bridgehead atoms. The zero-order chi connectivity index (χ0) is 16.6. The molecule has 2 heterocycles. The molecule has 2 saturated heterocycles. The van der Waals surface area contributed by atoms with E-state index in [2.05, 4.69) is 10.6 Å². The minimum atomic E-state index is -0.309. The molecule has 1 aromatic rings. The minimum Gasteiger partial charge on any atom is -0.381 e. The summed E-state index contributed by atoms with van der Waals surface area (Å²) < 4.78 is 5.55. The average Bonchev–Trinajstić information content (AvgIpc) is 3.30. The van der Waals surface area contributed by atoms with Crippen molar-refractivity contribution in [2.45, 2.75) is 37.6 Å². The van der Waals surface area contributed by atoms with Crippen LogP contribution in [0, 0.1) is 11.3 Å². The van der Waals surface area contributed by atoms with E-state index in [1.807, 2.05) is 24.3 Å². The van der Waals surface area contributed by atoms with Gasteiger partial charge >= 0.3 is 0 Å². The fourth-order valence-electron chi connectivity index (χ4n) is 4.49. The van der Waals surface area contributed by atoms with Crippen LogP contribution in [-0.2, 0) is 15.1 Å². The van der Waals surface area contributed by atoms with E-state index < -0.39 is 0 Å². The van der Waals surface area contributed by atoms with Crippen LogP contribution in [0.15, 0.2) is 24.3 Å². The quantitative estimate of drug-likeness (QED) is 0.883. The number of amides is 1. The maximum atomic E-state index is 13.0. The molecular weight excluding hydrogens is 324 g/mol. The van der Waals surface area contributed by atoms with Crippen LogP contribution >= 0.6 is 11.6 Å². The lowest BCUT2D eigenvalue weighted by Gasteiger charge is -2.39. The summed E-state index contributed by atoms with van der Waals surface area (Å²) in [5.74, 6) is 0.417. The maximum Gasteiger partial charge on any atom is 0.224 e. The third-order valence-electron chi connectivity index (χ3n) is 6.21. The molecule has 1 saturated carbocycles. The Balaban J connectivity index is 1.52. The lowest BCUT2D eigenvalue weighted by atomic mass is 9.82. The number of ether oxygens (including phenoxy) is 1. The molecule has 1 amide bonds. The summed E-state index contributed by atoms with van der Waals surface area (Å²) >= 11 is 6.04. The highest BCUT2D eigenvalue weighted by molar-refractivity contribution is 6.30. The monoisotopic (exact) mass is 348 g/mol. The van der Waals surface area contributed by atoms with Crippen molar-refractivity contribution in [3.63, 3.8) is 0 Å². The number of piperidine rings is 1. The first-order valence-electron chi connectivity index (χ1n) is 9.00. The minimum absolute atomic E-state index is 0.187. The standard InChI is InChI=1S/C19H25ClN2O2/c20-15-3-1-14(2-4-15)19(7-11-24-12-8-19)22-17(23)16-13-18(16)5-9-21-10-6-18/h1-4,16,21H,5-13H2,(H,22,23). The van der Waals surface area contributed by atoms with E-state index in [1.54, 1.807) is 0 Å². The van der Waals surface area contributed by atoms with E-state index in [-0.39, 0.29) is 22.8 Å². The molecule has 1 spiro atoms. The molecule has 4 rings (SSSR count). The summed E-state index contributed by atoms with van der Waals surface area (Å²) in [6.07, 6.45) is 4.95. The van der Waals surface area contributed by atoms with Gasteiger partial charge in [0, 0.05) is 24.2 Å². The first-order valence-corrected chi connectivity index (χ1v) is 9.38. The van der Waals surface area contributed by atoms with Gasteiger partial charge in [-0.3, -0.25) is 4.79 Å². The van der Waals surface area contributed by atoms with Crippen molar-refractivity contribution >= 4 is 17.5 Å². The van der Waals surface area contributed by atoms with Crippen molar-refractivity contribution in [2.24, 2.45) is 11.3 Å². The highest BCUT2D eigenvalue weighted by Crippen LogP contribution is 2.58. The topological polar surface area (TPSA) is 50.4 Å². The Kier molecular flexibility index (Phi) is 4.31. The fourth-order valence-corrected chi connectivity index (χ4v) is 4.62. The number of halogens is 1. The molecule has 5 heteroatoms. The number of hydrogen-bond acceptors (Lipinski definition) is 3. The lowest BCUT2D eigenvalue weighted by molar-refractivity contribution is -0.126. The first kappa shape index (κ1) is 16.4. The van der Waals surface area contributed by atoms with E-state index in [9.17, 15) is 4.79 Å². The molecule has 1 atom stereocenters. The number of nitrogens with one attached hydrogen (secondary N) is 2. The predicted octanol–water partition coefficient (Wildman–Crippen LogP) is 2.85. The van der Waals surface area contributed by atoms with Gasteiger partial charge in [0.05, 0.1) is 5.54 Å². The Morgan fingerprint density at radius 3 is 2.46 bits per heavy atom. The zero-order valence-electron chi connectivity index (χ0n) is 13.9. The van der Waals surface area contributed by atoms with E-state index in [4.69, 9.17) is 16.3 Å². The van der Waals surface area contributed by atoms with Crippen molar-refractivity contribution in [1.29, 1.82) is 0 Å². The van der Waals surface area contributed by atoms with E-state index >= 15 is 0 Å². The second-order valence-electron chi connectivity index (χ2n) is 7.56. The number of carbonyl (C=O) groups excluding carboxylic acids is 1. The molecule has 1 unspecified atom stereocenters. The van der Waals surface area contributed by atoms with Crippen LogP contribution in [0.3, 0.4) is 0 Å². The van der Waals surface area contributed by atoms with E-state index in [0.717, 1.165) is 55.8 Å². The Labute approximate surface area is 148 Å². The molecule has 1 aliphatic carbocycles. The average molecular weight is 349 g/mol. The Morgan fingerprint density at radius 2 is 1.79 bits per heavy atom. The predicted molar refractivity (Wildman–Crippen MR) is 94.0 cm³/mol. The summed E-state index contributed by atoms with van der Waals surface area (Å²) in [4.78, 5) is 13.0. The van der Waals surface area contributed by atoms with Gasteiger partial charge in [-0.15, -0.1) is 0 Å². The van der Waals surface area contributed by atoms with Gasteiger partial charge < -0.3 is 15.4 Å². The third kappa shape index (κ3) is 2.96. The number of hydrogen-bond donors (Lipinski definition) is 2. The smallest absolute Gasteiger partial charge is 0.224 e. The molecule has 130 valence electrons. The molecule has 0 radical (unpaired) electrons. The van der Waals surface area contributed by atoms with Gasteiger partial charge in [-0.2, -0.15) is 0 Å². The molecule has 2 N–H and O–H groups in total. The van der Waals surface area contributed by atoms with Gasteiger partial charge in [-0.25, -0.2) is 0 Å². The molecular formula is C19H25ClN2O2. The number of rotatable bonds is 3. The molecule has 24 heavy (non-hydrogen) atoms. The van der Waals surface area contributed by atoms with Crippen LogP contribution in [0.25, 0.3) is 0 Å². The van der Waals surface area contributed by atoms with Gasteiger partial charge in [-0.1, -0.05) is 23.7 Å². The first-order chi connectivity index (χ1) is 11.6. The second-order valence-corrected chi connectivity index (χ2v) is 8.00. The number of benzene rings is 1. The molecule has 0 aromatic heterocycles. The molecule has 3 fully saturated rings. The Morgan fingerprint density at radius 1 is 1.12 bits per heavy atom. The van der Waals surface area contributed by atoms with Gasteiger partial charge in [0.25, 0.3) is 0 Å². The maximum absolute atomic E-state index is 13.0. The molecule has 2 aliphatic heterocycles. The van der Waals surface area contributed by atoms with Gasteiger partial charge in [0.1, 0.15) is 0 Å². The Bertz CT molecular complexity index is 604. The molecule has 1 aromatic carbocycles. The second kappa shape index (κ2) is 6.32. The van der Waals surface area contributed by atoms with Crippen LogP contribution in [-0.4, -0.2) is 32.2 Å².